The summed E-state index contributed by atoms with van der Waals surface area (Å²) < 4.78 is 0. The zero-order valence-electron chi connectivity index (χ0n) is 10.2. The molecule has 1 heterocycles. The molecule has 1 aliphatic heterocycles. The van der Waals surface area contributed by atoms with Gasteiger partial charge in [-0.25, -0.2) is 0 Å². The predicted molar refractivity (Wildman–Crippen MR) is 62.3 cm³/mol. The lowest BCUT2D eigenvalue weighted by Gasteiger charge is -2.38. The molecule has 1 saturated heterocycles. The highest BCUT2D eigenvalue weighted by Crippen LogP contribution is 2.23. The van der Waals surface area contributed by atoms with Gasteiger partial charge in [-0.3, -0.25) is 9.69 Å². The fraction of sp³-hybridized carbons (Fsp3) is 0.917. The smallest absolute Gasteiger partial charge is 0.320 e. The lowest BCUT2D eigenvalue weighted by molar-refractivity contribution is -0.145. The van der Waals surface area contributed by atoms with E-state index in [0.717, 1.165) is 19.4 Å². The van der Waals surface area contributed by atoms with E-state index in [9.17, 15) is 9.90 Å². The molecule has 0 spiro atoms. The molecule has 0 aromatic rings. The lowest BCUT2D eigenvalue weighted by Crippen LogP contribution is -2.50. The van der Waals surface area contributed by atoms with Crippen molar-refractivity contribution in [3.05, 3.63) is 0 Å². The summed E-state index contributed by atoms with van der Waals surface area (Å²) in [6, 6.07) is -0.383. The van der Waals surface area contributed by atoms with Gasteiger partial charge in [-0.1, -0.05) is 20.3 Å². The van der Waals surface area contributed by atoms with Crippen LogP contribution in [0.2, 0.25) is 0 Å². The molecule has 94 valence electrons. The number of carbonyl (C=O) groups is 1. The number of rotatable bonds is 5. The van der Waals surface area contributed by atoms with E-state index in [1.165, 1.54) is 0 Å². The maximum Gasteiger partial charge on any atom is 0.320 e. The Balaban J connectivity index is 2.59. The Morgan fingerprint density at radius 3 is 2.69 bits per heavy atom. The summed E-state index contributed by atoms with van der Waals surface area (Å²) in [4.78, 5) is 13.1. The van der Waals surface area contributed by atoms with Crippen molar-refractivity contribution in [1.82, 2.24) is 4.90 Å². The van der Waals surface area contributed by atoms with Gasteiger partial charge >= 0.3 is 5.97 Å². The second-order valence-corrected chi connectivity index (χ2v) is 4.66. The minimum atomic E-state index is -0.742. The first-order valence-corrected chi connectivity index (χ1v) is 6.25. The molecule has 0 aromatic carbocycles. The van der Waals surface area contributed by atoms with Crippen molar-refractivity contribution in [2.45, 2.75) is 51.7 Å². The molecule has 1 aliphatic rings. The van der Waals surface area contributed by atoms with Crippen molar-refractivity contribution >= 4 is 5.97 Å². The number of piperidine rings is 1. The van der Waals surface area contributed by atoms with Gasteiger partial charge in [0.2, 0.25) is 0 Å². The molecule has 16 heavy (non-hydrogen) atoms. The maximum atomic E-state index is 11.1. The number of aliphatic hydroxyl groups is 1. The molecule has 1 rings (SSSR count). The molecule has 3 atom stereocenters. The molecule has 0 saturated carbocycles. The Hall–Kier alpha value is -0.610. The van der Waals surface area contributed by atoms with Crippen molar-refractivity contribution < 1.29 is 15.0 Å². The lowest BCUT2D eigenvalue weighted by atomic mass is 9.89. The second-order valence-electron chi connectivity index (χ2n) is 4.66. The Labute approximate surface area is 97.3 Å². The van der Waals surface area contributed by atoms with Gasteiger partial charge in [0, 0.05) is 13.1 Å². The summed E-state index contributed by atoms with van der Waals surface area (Å²) in [5.41, 5.74) is 0. The van der Waals surface area contributed by atoms with Crippen LogP contribution >= 0.6 is 0 Å². The summed E-state index contributed by atoms with van der Waals surface area (Å²) in [6.45, 7) is 5.42. The van der Waals surface area contributed by atoms with E-state index in [1.807, 2.05) is 11.8 Å². The maximum absolute atomic E-state index is 11.1. The standard InChI is InChI=1S/C12H23NO3/c1-3-5-9-8-13(7-6-11(9)14)10(4-2)12(15)16/h9-11,14H,3-8H2,1-2H3,(H,15,16)/t9-,10+,11-/m1/s1. The van der Waals surface area contributed by atoms with Gasteiger partial charge in [0.1, 0.15) is 6.04 Å². The monoisotopic (exact) mass is 229 g/mol. The van der Waals surface area contributed by atoms with Gasteiger partial charge in [0.15, 0.2) is 0 Å². The first-order valence-electron chi connectivity index (χ1n) is 6.25. The largest absolute Gasteiger partial charge is 0.480 e. The molecule has 0 radical (unpaired) electrons. The Morgan fingerprint density at radius 2 is 2.19 bits per heavy atom. The molecule has 0 aliphatic carbocycles. The van der Waals surface area contributed by atoms with Crippen LogP contribution in [0.25, 0.3) is 0 Å². The fourth-order valence-electron chi connectivity index (χ4n) is 2.57. The van der Waals surface area contributed by atoms with E-state index in [4.69, 9.17) is 5.11 Å². The molecule has 0 unspecified atom stereocenters. The summed E-state index contributed by atoms with van der Waals surface area (Å²) in [7, 11) is 0. The van der Waals surface area contributed by atoms with Crippen LogP contribution in [0.4, 0.5) is 0 Å². The third-order valence-corrected chi connectivity index (χ3v) is 3.50. The summed E-state index contributed by atoms with van der Waals surface area (Å²) in [5.74, 6) is -0.499. The molecule has 4 nitrogen and oxygen atoms in total. The van der Waals surface area contributed by atoms with Gasteiger partial charge < -0.3 is 10.2 Å². The molecule has 4 heteroatoms. The van der Waals surface area contributed by atoms with Crippen molar-refractivity contribution in [3.63, 3.8) is 0 Å². The number of carboxylic acid groups (broad SMARTS) is 1. The zero-order chi connectivity index (χ0) is 12.1. The summed E-state index contributed by atoms with van der Waals surface area (Å²) >= 11 is 0. The minimum absolute atomic E-state index is 0.243. The van der Waals surface area contributed by atoms with Crippen molar-refractivity contribution in [2.75, 3.05) is 13.1 Å². The number of aliphatic hydroxyl groups excluding tert-OH is 1. The van der Waals surface area contributed by atoms with Gasteiger partial charge in [-0.2, -0.15) is 0 Å². The van der Waals surface area contributed by atoms with Crippen molar-refractivity contribution in [1.29, 1.82) is 0 Å². The first-order chi connectivity index (χ1) is 7.60. The van der Waals surface area contributed by atoms with Gasteiger partial charge in [0.05, 0.1) is 6.10 Å². The van der Waals surface area contributed by atoms with Crippen molar-refractivity contribution in [3.8, 4) is 0 Å². The van der Waals surface area contributed by atoms with Crippen LogP contribution in [-0.4, -0.2) is 46.3 Å². The van der Waals surface area contributed by atoms with Crippen LogP contribution in [0.5, 0.6) is 0 Å². The Kier molecular flexibility index (Phi) is 5.22. The van der Waals surface area contributed by atoms with Crippen LogP contribution in [0.3, 0.4) is 0 Å². The Bertz CT molecular complexity index is 232. The fourth-order valence-corrected chi connectivity index (χ4v) is 2.57. The molecule has 1 fully saturated rings. The predicted octanol–water partition coefficient (Wildman–Crippen LogP) is 1.33. The highest BCUT2D eigenvalue weighted by Gasteiger charge is 2.32. The highest BCUT2D eigenvalue weighted by atomic mass is 16.4. The number of carboxylic acids is 1. The van der Waals surface area contributed by atoms with Gasteiger partial charge in [-0.15, -0.1) is 0 Å². The number of hydrogen-bond acceptors (Lipinski definition) is 3. The van der Waals surface area contributed by atoms with E-state index in [-0.39, 0.29) is 18.1 Å². The average Bonchev–Trinajstić information content (AvgIpc) is 2.23. The number of aliphatic carboxylic acids is 1. The van der Waals surface area contributed by atoms with Crippen LogP contribution in [-0.2, 0) is 4.79 Å². The van der Waals surface area contributed by atoms with E-state index >= 15 is 0 Å². The van der Waals surface area contributed by atoms with Crippen LogP contribution in [0.15, 0.2) is 0 Å². The molecule has 0 amide bonds. The van der Waals surface area contributed by atoms with Crippen LogP contribution in [0, 0.1) is 5.92 Å². The number of hydrogen-bond donors (Lipinski definition) is 2. The molecular weight excluding hydrogens is 206 g/mol. The van der Waals surface area contributed by atoms with E-state index in [0.29, 0.717) is 19.4 Å². The molecular formula is C12H23NO3. The first kappa shape index (κ1) is 13.5. The number of nitrogens with zero attached hydrogens (tertiary/aromatic N) is 1. The second kappa shape index (κ2) is 6.21. The number of likely N-dealkylation sites (tertiary alicyclic amines) is 1. The zero-order valence-corrected chi connectivity index (χ0v) is 10.2. The normalized spacial score (nSPS) is 28.9. The summed E-state index contributed by atoms with van der Waals surface area (Å²) in [6.07, 6.45) is 3.11. The SMILES string of the molecule is CCC[C@@H]1CN([C@@H](CC)C(=O)O)CC[C@H]1O. The Morgan fingerprint density at radius 1 is 1.50 bits per heavy atom. The third-order valence-electron chi connectivity index (χ3n) is 3.50. The third kappa shape index (κ3) is 3.19. The average molecular weight is 229 g/mol. The highest BCUT2D eigenvalue weighted by molar-refractivity contribution is 5.73. The van der Waals surface area contributed by atoms with Gasteiger partial charge in [0.25, 0.3) is 0 Å². The minimum Gasteiger partial charge on any atom is -0.480 e. The van der Waals surface area contributed by atoms with Crippen molar-refractivity contribution in [2.24, 2.45) is 5.92 Å². The summed E-state index contributed by atoms with van der Waals surface area (Å²) in [5, 5.41) is 18.9. The van der Waals surface area contributed by atoms with Gasteiger partial charge in [-0.05, 0) is 25.2 Å². The quantitative estimate of drug-likeness (QED) is 0.746. The topological polar surface area (TPSA) is 60.8 Å². The van der Waals surface area contributed by atoms with E-state index in [2.05, 4.69) is 6.92 Å². The van der Waals surface area contributed by atoms with E-state index in [1.54, 1.807) is 0 Å². The van der Waals surface area contributed by atoms with Crippen LogP contribution < -0.4 is 0 Å². The molecule has 2 N–H and O–H groups in total. The van der Waals surface area contributed by atoms with Crippen LogP contribution in [0.1, 0.15) is 39.5 Å². The van der Waals surface area contributed by atoms with E-state index < -0.39 is 5.97 Å². The molecule has 0 aromatic heterocycles. The molecule has 0 bridgehead atoms.